The Balaban J connectivity index is 1.69. The quantitative estimate of drug-likeness (QED) is 0.717. The fraction of sp³-hybridized carbons (Fsp3) is 0.158. The Labute approximate surface area is 150 Å². The van der Waals surface area contributed by atoms with Crippen LogP contribution in [0.1, 0.15) is 15.9 Å². The normalized spacial score (nSPS) is 11.4. The van der Waals surface area contributed by atoms with E-state index >= 15 is 0 Å². The van der Waals surface area contributed by atoms with Gasteiger partial charge in [0.05, 0.1) is 4.90 Å². The van der Waals surface area contributed by atoms with Gasteiger partial charge in [0.2, 0.25) is 0 Å². The largest absolute Gasteiger partial charge is 0.352 e. The molecule has 0 saturated heterocycles. The van der Waals surface area contributed by atoms with Crippen molar-refractivity contribution in [3.05, 3.63) is 76.1 Å². The first kappa shape index (κ1) is 17.9. The van der Waals surface area contributed by atoms with Crippen molar-refractivity contribution < 1.29 is 13.2 Å². The second kappa shape index (κ2) is 7.13. The van der Waals surface area contributed by atoms with Crippen LogP contribution >= 0.6 is 0 Å². The third kappa shape index (κ3) is 4.00. The van der Waals surface area contributed by atoms with Crippen LogP contribution in [0.5, 0.6) is 0 Å². The van der Waals surface area contributed by atoms with Crippen LogP contribution in [0.3, 0.4) is 0 Å². The van der Waals surface area contributed by atoms with Crippen molar-refractivity contribution in [1.29, 1.82) is 0 Å². The van der Waals surface area contributed by atoms with Gasteiger partial charge in [0.15, 0.2) is 9.84 Å². The molecule has 0 radical (unpaired) electrons. The Morgan fingerprint density at radius 3 is 2.62 bits per heavy atom. The molecule has 26 heavy (non-hydrogen) atoms. The molecule has 3 rings (SSSR count). The minimum atomic E-state index is -3.37. The molecule has 0 aliphatic carbocycles. The van der Waals surface area contributed by atoms with E-state index in [1.807, 2.05) is 30.3 Å². The molecule has 0 aliphatic rings. The van der Waals surface area contributed by atoms with Gasteiger partial charge in [-0.05, 0) is 42.1 Å². The van der Waals surface area contributed by atoms with Gasteiger partial charge in [-0.15, -0.1) is 0 Å². The zero-order valence-electron chi connectivity index (χ0n) is 14.2. The van der Waals surface area contributed by atoms with Gasteiger partial charge in [-0.2, -0.15) is 0 Å². The van der Waals surface area contributed by atoms with Gasteiger partial charge in [-0.1, -0.05) is 24.3 Å². The van der Waals surface area contributed by atoms with E-state index in [9.17, 15) is 18.0 Å². The van der Waals surface area contributed by atoms with Gasteiger partial charge in [0.25, 0.3) is 11.5 Å². The number of hydrogen-bond donors (Lipinski definition) is 2. The fourth-order valence-electron chi connectivity index (χ4n) is 2.66. The van der Waals surface area contributed by atoms with Crippen LogP contribution < -0.4 is 10.9 Å². The number of rotatable bonds is 5. The Morgan fingerprint density at radius 1 is 1.08 bits per heavy atom. The molecular formula is C19H18N2O4S. The van der Waals surface area contributed by atoms with Gasteiger partial charge in [-0.3, -0.25) is 9.59 Å². The van der Waals surface area contributed by atoms with Gasteiger partial charge in [-0.25, -0.2) is 8.42 Å². The van der Waals surface area contributed by atoms with Crippen LogP contribution in [0.25, 0.3) is 10.9 Å². The second-order valence-electron chi connectivity index (χ2n) is 6.02. The van der Waals surface area contributed by atoms with Gasteiger partial charge in [0, 0.05) is 29.4 Å². The minimum Gasteiger partial charge on any atom is -0.352 e. The lowest BCUT2D eigenvalue weighted by molar-refractivity contribution is 0.0954. The molecule has 0 atom stereocenters. The third-order valence-corrected chi connectivity index (χ3v) is 5.14. The van der Waals surface area contributed by atoms with E-state index in [1.165, 1.54) is 18.2 Å². The zero-order valence-corrected chi connectivity index (χ0v) is 15.0. The number of aromatic amines is 1. The lowest BCUT2D eigenvalue weighted by atomic mass is 10.1. The average Bonchev–Trinajstić information content (AvgIpc) is 2.61. The van der Waals surface area contributed by atoms with Gasteiger partial charge >= 0.3 is 0 Å². The number of aromatic nitrogens is 1. The van der Waals surface area contributed by atoms with Crippen molar-refractivity contribution in [2.45, 2.75) is 11.3 Å². The third-order valence-electron chi connectivity index (χ3n) is 4.03. The molecule has 134 valence electrons. The van der Waals surface area contributed by atoms with E-state index in [4.69, 9.17) is 0 Å². The number of carbonyl (C=O) groups is 1. The fourth-order valence-corrected chi connectivity index (χ4v) is 3.33. The van der Waals surface area contributed by atoms with E-state index in [2.05, 4.69) is 10.3 Å². The molecule has 0 spiro atoms. The molecule has 0 fully saturated rings. The monoisotopic (exact) mass is 370 g/mol. The summed E-state index contributed by atoms with van der Waals surface area (Å²) < 4.78 is 23.2. The maximum Gasteiger partial charge on any atom is 0.251 e. The summed E-state index contributed by atoms with van der Waals surface area (Å²) in [6, 6.07) is 15.1. The topological polar surface area (TPSA) is 96.1 Å². The first-order valence-corrected chi connectivity index (χ1v) is 9.93. The van der Waals surface area contributed by atoms with Crippen LogP contribution in [0.2, 0.25) is 0 Å². The van der Waals surface area contributed by atoms with Crippen LogP contribution in [-0.2, 0) is 16.3 Å². The number of benzene rings is 2. The maximum atomic E-state index is 12.2. The molecule has 3 aromatic rings. The van der Waals surface area contributed by atoms with E-state index in [-0.39, 0.29) is 28.5 Å². The Bertz CT molecular complexity index is 1130. The molecule has 0 saturated carbocycles. The number of sulfone groups is 1. The number of H-pyrrole nitrogens is 1. The molecule has 0 bridgehead atoms. The lowest BCUT2D eigenvalue weighted by Gasteiger charge is -2.07. The number of para-hydroxylation sites is 1. The highest BCUT2D eigenvalue weighted by atomic mass is 32.2. The van der Waals surface area contributed by atoms with E-state index in [1.54, 1.807) is 6.07 Å². The molecule has 6 nitrogen and oxygen atoms in total. The second-order valence-corrected chi connectivity index (χ2v) is 8.03. The summed E-state index contributed by atoms with van der Waals surface area (Å²) in [6.07, 6.45) is 1.47. The first-order chi connectivity index (χ1) is 12.3. The highest BCUT2D eigenvalue weighted by molar-refractivity contribution is 7.90. The van der Waals surface area contributed by atoms with E-state index < -0.39 is 9.84 Å². The summed E-state index contributed by atoms with van der Waals surface area (Å²) in [7, 11) is -3.37. The minimum absolute atomic E-state index is 0.0936. The summed E-state index contributed by atoms with van der Waals surface area (Å²) in [6.45, 7) is 0.267. The number of hydrogen-bond acceptors (Lipinski definition) is 4. The summed E-state index contributed by atoms with van der Waals surface area (Å²) in [5.74, 6) is -0.382. The summed E-state index contributed by atoms with van der Waals surface area (Å²) in [4.78, 5) is 27.2. The maximum absolute atomic E-state index is 12.2. The standard InChI is InChI=1S/C19H18N2O4S/c1-26(24,25)16-7-4-6-14(12-16)18(22)20-10-9-15-11-13-5-2-3-8-17(13)21-19(15)23/h2-8,11-12H,9-10H2,1H3,(H,20,22)(H,21,23). The Hall–Kier alpha value is -2.93. The number of carbonyl (C=O) groups excluding carboxylic acids is 1. The Morgan fingerprint density at radius 2 is 1.85 bits per heavy atom. The van der Waals surface area contributed by atoms with Crippen LogP contribution in [0.15, 0.2) is 64.3 Å². The van der Waals surface area contributed by atoms with Crippen molar-refractivity contribution in [2.75, 3.05) is 12.8 Å². The van der Waals surface area contributed by atoms with Crippen LogP contribution in [0.4, 0.5) is 0 Å². The van der Waals surface area contributed by atoms with Gasteiger partial charge < -0.3 is 10.3 Å². The Kier molecular flexibility index (Phi) is 4.90. The van der Waals surface area contributed by atoms with Crippen molar-refractivity contribution in [2.24, 2.45) is 0 Å². The molecule has 1 heterocycles. The lowest BCUT2D eigenvalue weighted by Crippen LogP contribution is -2.27. The molecule has 7 heteroatoms. The molecule has 1 amide bonds. The van der Waals surface area contributed by atoms with E-state index in [0.29, 0.717) is 12.0 Å². The predicted octanol–water partition coefficient (Wildman–Crippen LogP) is 1.90. The van der Waals surface area contributed by atoms with Crippen molar-refractivity contribution >= 4 is 26.6 Å². The predicted molar refractivity (Wildman–Crippen MR) is 100 cm³/mol. The number of amides is 1. The van der Waals surface area contributed by atoms with Crippen LogP contribution in [-0.4, -0.2) is 32.1 Å². The van der Waals surface area contributed by atoms with Crippen molar-refractivity contribution in [1.82, 2.24) is 10.3 Å². The molecule has 2 N–H and O–H groups in total. The number of nitrogens with one attached hydrogen (secondary N) is 2. The highest BCUT2D eigenvalue weighted by Gasteiger charge is 2.11. The highest BCUT2D eigenvalue weighted by Crippen LogP contribution is 2.12. The SMILES string of the molecule is CS(=O)(=O)c1cccc(C(=O)NCCc2cc3ccccc3[nH]c2=O)c1. The summed E-state index contributed by atoms with van der Waals surface area (Å²) in [5, 5.41) is 3.64. The van der Waals surface area contributed by atoms with E-state index in [0.717, 1.165) is 17.2 Å². The molecular weight excluding hydrogens is 352 g/mol. The molecule has 0 unspecified atom stereocenters. The smallest absolute Gasteiger partial charge is 0.251 e. The molecule has 2 aromatic carbocycles. The van der Waals surface area contributed by atoms with Crippen molar-refractivity contribution in [3.63, 3.8) is 0 Å². The van der Waals surface area contributed by atoms with Crippen molar-refractivity contribution in [3.8, 4) is 0 Å². The molecule has 0 aliphatic heterocycles. The summed E-state index contributed by atoms with van der Waals surface area (Å²) >= 11 is 0. The summed E-state index contributed by atoms with van der Waals surface area (Å²) in [5.41, 5.74) is 1.43. The first-order valence-electron chi connectivity index (χ1n) is 8.04. The number of pyridine rings is 1. The number of fused-ring (bicyclic) bond motifs is 1. The average molecular weight is 370 g/mol. The zero-order chi connectivity index (χ0) is 18.7. The van der Waals surface area contributed by atoms with Gasteiger partial charge in [0.1, 0.15) is 0 Å². The van der Waals surface area contributed by atoms with Crippen LogP contribution in [0, 0.1) is 0 Å². The molecule has 1 aromatic heterocycles.